The molecule has 68 valence electrons. The molecule has 3 nitrogen and oxygen atoms in total. The Morgan fingerprint density at radius 2 is 2.33 bits per heavy atom. The first kappa shape index (κ1) is 8.05. The van der Waals surface area contributed by atoms with Crippen molar-refractivity contribution in [1.29, 1.82) is 0 Å². The molecule has 2 atom stereocenters. The summed E-state index contributed by atoms with van der Waals surface area (Å²) in [5, 5.41) is 3.47. The van der Waals surface area contributed by atoms with Crippen LogP contribution in [0.25, 0.3) is 0 Å². The van der Waals surface area contributed by atoms with Crippen molar-refractivity contribution in [3.63, 3.8) is 0 Å². The number of nitrogens with zero attached hydrogens (tertiary/aromatic N) is 1. The fourth-order valence-corrected chi connectivity index (χ4v) is 2.30. The summed E-state index contributed by atoms with van der Waals surface area (Å²) >= 11 is 0. The smallest absolute Gasteiger partial charge is 0.219 e. The first-order valence-electron chi connectivity index (χ1n) is 4.78. The van der Waals surface area contributed by atoms with Gasteiger partial charge in [-0.3, -0.25) is 4.79 Å². The van der Waals surface area contributed by atoms with Crippen LogP contribution in [0.2, 0.25) is 0 Å². The molecule has 3 aliphatic rings. The Bertz CT molecular complexity index is 189. The summed E-state index contributed by atoms with van der Waals surface area (Å²) in [6.07, 6.45) is 3.69. The highest BCUT2D eigenvalue weighted by Crippen LogP contribution is 2.21. The van der Waals surface area contributed by atoms with Gasteiger partial charge in [-0.15, -0.1) is 0 Å². The van der Waals surface area contributed by atoms with Crippen molar-refractivity contribution in [3.8, 4) is 0 Å². The molecule has 3 aliphatic heterocycles. The van der Waals surface area contributed by atoms with Gasteiger partial charge in [-0.05, 0) is 19.3 Å². The molecule has 3 saturated heterocycles. The molecule has 2 unspecified atom stereocenters. The molecule has 0 saturated carbocycles. The molecule has 12 heavy (non-hydrogen) atoms. The fraction of sp³-hybridized carbons (Fsp3) is 0.889. The second-order valence-corrected chi connectivity index (χ2v) is 3.86. The van der Waals surface area contributed by atoms with E-state index in [1.54, 1.807) is 6.92 Å². The average molecular weight is 168 g/mol. The Hall–Kier alpha value is -0.570. The van der Waals surface area contributed by atoms with Crippen LogP contribution >= 0.6 is 0 Å². The van der Waals surface area contributed by atoms with E-state index in [4.69, 9.17) is 0 Å². The van der Waals surface area contributed by atoms with E-state index in [0.717, 1.165) is 13.1 Å². The van der Waals surface area contributed by atoms with Crippen LogP contribution in [-0.2, 0) is 4.79 Å². The van der Waals surface area contributed by atoms with Crippen LogP contribution in [0.4, 0.5) is 0 Å². The van der Waals surface area contributed by atoms with Crippen LogP contribution in [0, 0.1) is 0 Å². The number of hydrogen-bond acceptors (Lipinski definition) is 2. The number of rotatable bonds is 0. The molecule has 3 heterocycles. The zero-order valence-corrected chi connectivity index (χ0v) is 7.55. The van der Waals surface area contributed by atoms with Gasteiger partial charge in [0.2, 0.25) is 5.91 Å². The van der Waals surface area contributed by atoms with E-state index in [1.807, 2.05) is 4.90 Å². The van der Waals surface area contributed by atoms with Gasteiger partial charge in [0.15, 0.2) is 0 Å². The lowest BCUT2D eigenvalue weighted by Gasteiger charge is -2.36. The van der Waals surface area contributed by atoms with Crippen molar-refractivity contribution in [2.24, 2.45) is 0 Å². The van der Waals surface area contributed by atoms with Crippen molar-refractivity contribution in [3.05, 3.63) is 0 Å². The Balaban J connectivity index is 2.11. The molecule has 3 fully saturated rings. The van der Waals surface area contributed by atoms with Gasteiger partial charge in [-0.2, -0.15) is 0 Å². The normalized spacial score (nSPS) is 34.9. The quantitative estimate of drug-likeness (QED) is 0.566. The van der Waals surface area contributed by atoms with Gasteiger partial charge in [-0.1, -0.05) is 0 Å². The van der Waals surface area contributed by atoms with Gasteiger partial charge in [0.25, 0.3) is 0 Å². The average Bonchev–Trinajstić information content (AvgIpc) is 2.36. The lowest BCUT2D eigenvalue weighted by Crippen LogP contribution is -2.55. The van der Waals surface area contributed by atoms with Gasteiger partial charge < -0.3 is 10.2 Å². The minimum absolute atomic E-state index is 0.244. The standard InChI is InChI=1S/C9H16N2O/c1-7(12)11-6-8-3-2-4-9(11)5-10-8/h8-10H,2-6H2,1H3. The molecule has 1 amide bonds. The summed E-state index contributed by atoms with van der Waals surface area (Å²) < 4.78 is 0. The van der Waals surface area contributed by atoms with E-state index >= 15 is 0 Å². The molecule has 3 heteroatoms. The van der Waals surface area contributed by atoms with Gasteiger partial charge in [0.1, 0.15) is 0 Å². The minimum atomic E-state index is 0.244. The minimum Gasteiger partial charge on any atom is -0.337 e. The number of amides is 1. The van der Waals surface area contributed by atoms with E-state index in [1.165, 1.54) is 19.3 Å². The topological polar surface area (TPSA) is 32.3 Å². The maximum absolute atomic E-state index is 11.2. The van der Waals surface area contributed by atoms with Crippen LogP contribution < -0.4 is 5.32 Å². The third-order valence-corrected chi connectivity index (χ3v) is 2.99. The van der Waals surface area contributed by atoms with Crippen LogP contribution in [0.5, 0.6) is 0 Å². The maximum Gasteiger partial charge on any atom is 0.219 e. The largest absolute Gasteiger partial charge is 0.337 e. The number of carbonyl (C=O) groups excluding carboxylic acids is 1. The van der Waals surface area contributed by atoms with Gasteiger partial charge in [0.05, 0.1) is 0 Å². The van der Waals surface area contributed by atoms with E-state index < -0.39 is 0 Å². The monoisotopic (exact) mass is 168 g/mol. The first-order valence-corrected chi connectivity index (χ1v) is 4.78. The zero-order valence-electron chi connectivity index (χ0n) is 7.55. The van der Waals surface area contributed by atoms with Crippen molar-refractivity contribution in [2.75, 3.05) is 13.1 Å². The van der Waals surface area contributed by atoms with E-state index in [9.17, 15) is 4.79 Å². The van der Waals surface area contributed by atoms with E-state index in [0.29, 0.717) is 12.1 Å². The van der Waals surface area contributed by atoms with E-state index in [-0.39, 0.29) is 5.91 Å². The fourth-order valence-electron chi connectivity index (χ4n) is 2.30. The second-order valence-electron chi connectivity index (χ2n) is 3.86. The Morgan fingerprint density at radius 3 is 3.08 bits per heavy atom. The third-order valence-electron chi connectivity index (χ3n) is 2.99. The summed E-state index contributed by atoms with van der Waals surface area (Å²) in [5.41, 5.74) is 0. The third kappa shape index (κ3) is 1.33. The van der Waals surface area contributed by atoms with Gasteiger partial charge >= 0.3 is 0 Å². The van der Waals surface area contributed by atoms with Crippen LogP contribution in [0.15, 0.2) is 0 Å². The predicted octanol–water partition coefficient (Wildman–Crippen LogP) is 0.359. The number of nitrogens with one attached hydrogen (secondary N) is 1. The van der Waals surface area contributed by atoms with Crippen molar-refractivity contribution in [1.82, 2.24) is 10.2 Å². The zero-order chi connectivity index (χ0) is 8.55. The predicted molar refractivity (Wildman–Crippen MR) is 46.8 cm³/mol. The summed E-state index contributed by atoms with van der Waals surface area (Å²) in [7, 11) is 0. The van der Waals surface area contributed by atoms with Gasteiger partial charge in [-0.25, -0.2) is 0 Å². The number of piperazine rings is 1. The molecule has 0 aromatic rings. The molecule has 0 aliphatic carbocycles. The lowest BCUT2D eigenvalue weighted by atomic mass is 10.1. The van der Waals surface area contributed by atoms with Crippen molar-refractivity contribution < 1.29 is 4.79 Å². The Kier molecular flexibility index (Phi) is 2.05. The Morgan fingerprint density at radius 1 is 1.50 bits per heavy atom. The molecule has 0 spiro atoms. The Labute approximate surface area is 73.1 Å². The molecular formula is C9H16N2O. The maximum atomic E-state index is 11.2. The number of fused-ring (bicyclic) bond motifs is 4. The summed E-state index contributed by atoms with van der Waals surface area (Å²) in [6.45, 7) is 3.62. The summed E-state index contributed by atoms with van der Waals surface area (Å²) in [5.74, 6) is 0.244. The molecule has 0 aromatic heterocycles. The van der Waals surface area contributed by atoms with E-state index in [2.05, 4.69) is 5.32 Å². The molecule has 0 aromatic carbocycles. The highest BCUT2D eigenvalue weighted by molar-refractivity contribution is 5.73. The van der Waals surface area contributed by atoms with Gasteiger partial charge in [0, 0.05) is 32.1 Å². The lowest BCUT2D eigenvalue weighted by molar-refractivity contribution is -0.132. The molecular weight excluding hydrogens is 152 g/mol. The number of carbonyl (C=O) groups is 1. The molecule has 2 bridgehead atoms. The van der Waals surface area contributed by atoms with Crippen LogP contribution in [0.1, 0.15) is 26.2 Å². The second kappa shape index (κ2) is 3.05. The van der Waals surface area contributed by atoms with Crippen LogP contribution in [0.3, 0.4) is 0 Å². The number of hydrogen-bond donors (Lipinski definition) is 1. The van der Waals surface area contributed by atoms with Crippen molar-refractivity contribution >= 4 is 5.91 Å². The van der Waals surface area contributed by atoms with Crippen molar-refractivity contribution in [2.45, 2.75) is 38.3 Å². The molecule has 3 rings (SSSR count). The summed E-state index contributed by atoms with van der Waals surface area (Å²) in [6, 6.07) is 1.04. The highest BCUT2D eigenvalue weighted by Gasteiger charge is 2.31. The highest BCUT2D eigenvalue weighted by atomic mass is 16.2. The molecule has 0 radical (unpaired) electrons. The first-order chi connectivity index (χ1) is 5.77. The molecule has 1 N–H and O–H groups in total. The van der Waals surface area contributed by atoms with Crippen LogP contribution in [-0.4, -0.2) is 36.0 Å². The summed E-state index contributed by atoms with van der Waals surface area (Å²) in [4.78, 5) is 13.3. The SMILES string of the molecule is CC(=O)N1CC2CCCC1CN2.